The van der Waals surface area contributed by atoms with E-state index in [-0.39, 0.29) is 5.69 Å². The molecule has 7 heteroatoms. The first kappa shape index (κ1) is 15.9. The Bertz CT molecular complexity index is 1050. The van der Waals surface area contributed by atoms with E-state index in [0.717, 1.165) is 5.56 Å². The normalized spacial score (nSPS) is 10.0. The van der Waals surface area contributed by atoms with E-state index in [0.29, 0.717) is 34.4 Å². The minimum absolute atomic E-state index is 0.0795. The summed E-state index contributed by atoms with van der Waals surface area (Å²) in [6.45, 7) is 0.474. The fourth-order valence-electron chi connectivity index (χ4n) is 2.40. The summed E-state index contributed by atoms with van der Waals surface area (Å²) in [4.78, 5) is 14.8. The Kier molecular flexibility index (Phi) is 4.23. The summed E-state index contributed by atoms with van der Waals surface area (Å²) in [6, 6.07) is 17.0. The molecule has 7 nitrogen and oxygen atoms in total. The topological polar surface area (TPSA) is 116 Å². The second kappa shape index (κ2) is 6.65. The van der Waals surface area contributed by atoms with Crippen LogP contribution in [0.2, 0.25) is 0 Å². The van der Waals surface area contributed by atoms with E-state index in [4.69, 9.17) is 5.26 Å². The Hall–Kier alpha value is -3.97. The molecule has 0 bridgehead atoms. The molecule has 0 amide bonds. The van der Waals surface area contributed by atoms with Gasteiger partial charge >= 0.3 is 0 Å². The molecule has 2 aromatic carbocycles. The predicted octanol–water partition coefficient (Wildman–Crippen LogP) is 3.50. The lowest BCUT2D eigenvalue weighted by Crippen LogP contribution is -2.02. The van der Waals surface area contributed by atoms with Gasteiger partial charge in [-0.05, 0) is 29.8 Å². The molecule has 0 saturated heterocycles. The second-order valence-electron chi connectivity index (χ2n) is 5.29. The summed E-state index contributed by atoms with van der Waals surface area (Å²) in [5.41, 5.74) is 2.29. The fourth-order valence-corrected chi connectivity index (χ4v) is 2.40. The maximum absolute atomic E-state index is 10.9. The molecule has 1 heterocycles. The van der Waals surface area contributed by atoms with Gasteiger partial charge < -0.3 is 5.32 Å². The lowest BCUT2D eigenvalue weighted by atomic mass is 10.1. The van der Waals surface area contributed by atoms with Gasteiger partial charge in [0.05, 0.1) is 33.7 Å². The van der Waals surface area contributed by atoms with Gasteiger partial charge in [-0.1, -0.05) is 12.1 Å². The number of benzene rings is 2. The summed E-state index contributed by atoms with van der Waals surface area (Å²) >= 11 is 0. The maximum atomic E-state index is 10.9. The number of anilines is 1. The zero-order chi connectivity index (χ0) is 17.8. The van der Waals surface area contributed by atoms with E-state index < -0.39 is 4.92 Å². The number of pyridine rings is 1. The van der Waals surface area contributed by atoms with Gasteiger partial charge in [-0.2, -0.15) is 10.5 Å². The molecule has 0 atom stereocenters. The first-order valence-corrected chi connectivity index (χ1v) is 7.33. The lowest BCUT2D eigenvalue weighted by Gasteiger charge is -2.08. The van der Waals surface area contributed by atoms with Crippen molar-refractivity contribution in [3.05, 3.63) is 75.3 Å². The molecule has 0 saturated carbocycles. The highest BCUT2D eigenvalue weighted by molar-refractivity contribution is 5.88. The van der Waals surface area contributed by atoms with Crippen molar-refractivity contribution >= 4 is 22.4 Å². The number of nitro groups is 1. The van der Waals surface area contributed by atoms with Crippen LogP contribution in [0.1, 0.15) is 16.7 Å². The molecule has 0 aliphatic rings. The van der Waals surface area contributed by atoms with Crippen LogP contribution < -0.4 is 5.32 Å². The Morgan fingerprint density at radius 1 is 1.08 bits per heavy atom. The van der Waals surface area contributed by atoms with Gasteiger partial charge in [0.25, 0.3) is 5.69 Å². The summed E-state index contributed by atoms with van der Waals surface area (Å²) in [7, 11) is 0. The van der Waals surface area contributed by atoms with Gasteiger partial charge in [0.1, 0.15) is 5.82 Å². The van der Waals surface area contributed by atoms with Crippen molar-refractivity contribution in [2.24, 2.45) is 0 Å². The van der Waals surface area contributed by atoms with Crippen molar-refractivity contribution in [1.29, 1.82) is 10.5 Å². The van der Waals surface area contributed by atoms with E-state index in [9.17, 15) is 15.4 Å². The van der Waals surface area contributed by atoms with Gasteiger partial charge in [-0.3, -0.25) is 10.1 Å². The van der Waals surface area contributed by atoms with Crippen molar-refractivity contribution < 1.29 is 4.92 Å². The Morgan fingerprint density at radius 2 is 1.84 bits per heavy atom. The first-order valence-electron chi connectivity index (χ1n) is 7.33. The van der Waals surface area contributed by atoms with E-state index in [1.165, 1.54) is 18.2 Å². The smallest absolute Gasteiger partial charge is 0.270 e. The zero-order valence-electron chi connectivity index (χ0n) is 12.9. The third kappa shape index (κ3) is 3.36. The molecule has 3 aromatic rings. The fraction of sp³-hybridized carbons (Fsp3) is 0.0556. The van der Waals surface area contributed by atoms with Crippen LogP contribution in [-0.2, 0) is 6.54 Å². The van der Waals surface area contributed by atoms with Crippen molar-refractivity contribution in [2.75, 3.05) is 5.32 Å². The van der Waals surface area contributed by atoms with Crippen molar-refractivity contribution in [3.63, 3.8) is 0 Å². The molecule has 0 unspecified atom stereocenters. The number of aromatic nitrogens is 1. The molecular weight excluding hydrogens is 318 g/mol. The van der Waals surface area contributed by atoms with Crippen LogP contribution in [0.4, 0.5) is 11.5 Å². The number of hydrogen-bond acceptors (Lipinski definition) is 6. The summed E-state index contributed by atoms with van der Waals surface area (Å²) in [5, 5.41) is 32.6. The van der Waals surface area contributed by atoms with E-state index >= 15 is 0 Å². The number of rotatable bonds is 4. The number of nitro benzene ring substituents is 1. The molecule has 0 radical (unpaired) electrons. The van der Waals surface area contributed by atoms with Crippen LogP contribution in [0.15, 0.2) is 48.5 Å². The van der Waals surface area contributed by atoms with E-state index in [1.54, 1.807) is 18.2 Å². The highest BCUT2D eigenvalue weighted by Crippen LogP contribution is 2.25. The Labute approximate surface area is 142 Å². The molecule has 1 aromatic heterocycles. The van der Waals surface area contributed by atoms with Gasteiger partial charge in [0, 0.05) is 24.1 Å². The van der Waals surface area contributed by atoms with Crippen LogP contribution in [0.3, 0.4) is 0 Å². The highest BCUT2D eigenvalue weighted by Gasteiger charge is 2.11. The number of hydrogen-bond donors (Lipinski definition) is 1. The molecule has 3 rings (SSSR count). The maximum Gasteiger partial charge on any atom is 0.270 e. The van der Waals surface area contributed by atoms with Crippen LogP contribution in [0, 0.1) is 32.8 Å². The lowest BCUT2D eigenvalue weighted by molar-refractivity contribution is -0.384. The van der Waals surface area contributed by atoms with Gasteiger partial charge in [0.15, 0.2) is 0 Å². The Balaban J connectivity index is 1.89. The minimum atomic E-state index is -0.502. The second-order valence-corrected chi connectivity index (χ2v) is 5.29. The number of fused-ring (bicyclic) bond motifs is 1. The molecule has 0 aliphatic heterocycles. The molecule has 0 fully saturated rings. The molecule has 120 valence electrons. The van der Waals surface area contributed by atoms with Crippen molar-refractivity contribution in [3.8, 4) is 12.1 Å². The largest absolute Gasteiger partial charge is 0.366 e. The van der Waals surface area contributed by atoms with Crippen molar-refractivity contribution in [2.45, 2.75) is 6.54 Å². The third-order valence-electron chi connectivity index (χ3n) is 3.68. The average molecular weight is 329 g/mol. The van der Waals surface area contributed by atoms with E-state index in [2.05, 4.69) is 22.4 Å². The van der Waals surface area contributed by atoms with Gasteiger partial charge in [-0.25, -0.2) is 4.98 Å². The Morgan fingerprint density at radius 3 is 2.48 bits per heavy atom. The van der Waals surface area contributed by atoms with Crippen LogP contribution in [-0.4, -0.2) is 9.91 Å². The predicted molar refractivity (Wildman–Crippen MR) is 91.6 cm³/mol. The highest BCUT2D eigenvalue weighted by atomic mass is 16.6. The first-order chi connectivity index (χ1) is 12.1. The molecule has 1 N–H and O–H groups in total. The van der Waals surface area contributed by atoms with Gasteiger partial charge in [0.2, 0.25) is 0 Å². The van der Waals surface area contributed by atoms with Crippen molar-refractivity contribution in [1.82, 2.24) is 4.98 Å². The van der Waals surface area contributed by atoms with Gasteiger partial charge in [-0.15, -0.1) is 0 Å². The summed E-state index contributed by atoms with van der Waals surface area (Å²) in [6.07, 6.45) is 0. The third-order valence-corrected chi connectivity index (χ3v) is 3.68. The molecule has 0 aliphatic carbocycles. The molecular formula is C18H11N5O2. The summed E-state index contributed by atoms with van der Waals surface area (Å²) in [5.74, 6) is 0.502. The van der Waals surface area contributed by atoms with Crippen LogP contribution in [0.5, 0.6) is 0 Å². The average Bonchev–Trinajstić information content (AvgIpc) is 2.65. The zero-order valence-corrected chi connectivity index (χ0v) is 12.9. The summed E-state index contributed by atoms with van der Waals surface area (Å²) < 4.78 is 0. The molecule has 25 heavy (non-hydrogen) atoms. The quantitative estimate of drug-likeness (QED) is 0.578. The number of nitrogens with one attached hydrogen (secondary N) is 1. The van der Waals surface area contributed by atoms with E-state index in [1.807, 2.05) is 12.1 Å². The number of nitriles is 2. The number of nitrogens with zero attached hydrogens (tertiary/aromatic N) is 4. The number of non-ortho nitro benzene ring substituents is 1. The molecule has 0 spiro atoms. The monoisotopic (exact) mass is 329 g/mol. The SMILES string of the molecule is N#Cc1ccc(CNc2cc(C#N)c3cc([N+](=O)[O-])ccc3n2)cc1. The minimum Gasteiger partial charge on any atom is -0.366 e. The van der Waals surface area contributed by atoms with Crippen LogP contribution in [0.25, 0.3) is 10.9 Å². The van der Waals surface area contributed by atoms with Crippen LogP contribution >= 0.6 is 0 Å². The standard InChI is InChI=1S/C18H11N5O2/c19-9-12-1-3-13(4-2-12)11-21-18-7-14(10-20)16-8-15(23(24)25)5-6-17(16)22-18/h1-8H,11H2,(H,21,22).